The molecule has 6 nitrogen and oxygen atoms in total. The van der Waals surface area contributed by atoms with Gasteiger partial charge in [0.15, 0.2) is 0 Å². The number of rotatable bonds is 8. The Labute approximate surface area is 165 Å². The molecule has 0 aliphatic carbocycles. The van der Waals surface area contributed by atoms with E-state index in [1.54, 1.807) is 25.3 Å². The summed E-state index contributed by atoms with van der Waals surface area (Å²) in [6.45, 7) is 3.85. The monoisotopic (exact) mass is 379 g/mol. The van der Waals surface area contributed by atoms with E-state index in [1.165, 1.54) is 0 Å². The highest BCUT2D eigenvalue weighted by Crippen LogP contribution is 2.29. The zero-order valence-corrected chi connectivity index (χ0v) is 16.4. The summed E-state index contributed by atoms with van der Waals surface area (Å²) in [5, 5.41) is 14.0. The minimum atomic E-state index is -0.698. The van der Waals surface area contributed by atoms with E-state index in [9.17, 15) is 9.59 Å². The second-order valence-corrected chi connectivity index (χ2v) is 6.81. The van der Waals surface area contributed by atoms with Gasteiger partial charge in [-0.05, 0) is 36.1 Å². The summed E-state index contributed by atoms with van der Waals surface area (Å²) < 4.78 is 5.40. The molecular formula is C22H25N3O3. The van der Waals surface area contributed by atoms with E-state index < -0.39 is 6.04 Å². The molecule has 0 aliphatic heterocycles. The molecule has 0 unspecified atom stereocenters. The molecule has 0 radical (unpaired) electrons. The lowest BCUT2D eigenvalue weighted by Gasteiger charge is -2.20. The van der Waals surface area contributed by atoms with Crippen LogP contribution in [0.5, 0.6) is 5.75 Å². The van der Waals surface area contributed by atoms with Crippen LogP contribution in [0.1, 0.15) is 30.6 Å². The fourth-order valence-electron chi connectivity index (χ4n) is 2.91. The van der Waals surface area contributed by atoms with Crippen molar-refractivity contribution in [3.63, 3.8) is 0 Å². The lowest BCUT2D eigenvalue weighted by atomic mass is 10.0. The van der Waals surface area contributed by atoms with Crippen LogP contribution in [0.4, 0.5) is 0 Å². The highest BCUT2D eigenvalue weighted by molar-refractivity contribution is 5.98. The smallest absolute Gasteiger partial charge is 0.251 e. The summed E-state index contributed by atoms with van der Waals surface area (Å²) in [6, 6.07) is 15.9. The van der Waals surface area contributed by atoms with E-state index in [1.807, 2.05) is 50.2 Å². The Morgan fingerprint density at radius 2 is 1.89 bits per heavy atom. The molecule has 0 saturated carbocycles. The van der Waals surface area contributed by atoms with Gasteiger partial charge in [-0.1, -0.05) is 44.2 Å². The van der Waals surface area contributed by atoms with Crippen molar-refractivity contribution in [1.29, 1.82) is 5.26 Å². The first-order valence-corrected chi connectivity index (χ1v) is 9.15. The van der Waals surface area contributed by atoms with E-state index in [-0.39, 0.29) is 24.3 Å². The maximum atomic E-state index is 12.8. The molecule has 0 aliphatic rings. The normalized spacial score (nSPS) is 11.4. The predicted octanol–water partition coefficient (Wildman–Crippen LogP) is 3.15. The van der Waals surface area contributed by atoms with Crippen LogP contribution in [-0.2, 0) is 4.79 Å². The second kappa shape index (κ2) is 10.1. The van der Waals surface area contributed by atoms with Crippen LogP contribution in [0, 0.1) is 17.2 Å². The highest BCUT2D eigenvalue weighted by atomic mass is 16.5. The molecule has 6 heteroatoms. The molecule has 0 saturated heterocycles. The quantitative estimate of drug-likeness (QED) is 0.689. The molecule has 2 rings (SSSR count). The number of carbonyl (C=O) groups excluding carboxylic acids is 2. The van der Waals surface area contributed by atoms with Crippen LogP contribution >= 0.6 is 0 Å². The Kier molecular flexibility index (Phi) is 7.58. The molecule has 0 aromatic heterocycles. The van der Waals surface area contributed by atoms with Gasteiger partial charge in [0.25, 0.3) is 5.91 Å². The summed E-state index contributed by atoms with van der Waals surface area (Å²) in [5.41, 5.74) is 2.18. The van der Waals surface area contributed by atoms with Gasteiger partial charge in [-0.15, -0.1) is 0 Å². The number of methoxy groups -OCH3 is 1. The van der Waals surface area contributed by atoms with Gasteiger partial charge in [0.1, 0.15) is 18.3 Å². The Balaban J connectivity index is 2.23. The zero-order valence-electron chi connectivity index (χ0n) is 16.4. The number of hydrogen-bond acceptors (Lipinski definition) is 4. The standard InChI is InChI=1S/C22H25N3O3/c1-15(2)13-19(22(27)24-12-11-23)25-21(26)17-8-6-7-16(14-17)18-9-4-5-10-20(18)28-3/h4-10,14-15,19H,12-13H2,1-3H3,(H,24,27)(H,25,26)/t19-/m0/s1. The maximum Gasteiger partial charge on any atom is 0.251 e. The lowest BCUT2D eigenvalue weighted by molar-refractivity contribution is -0.123. The van der Waals surface area contributed by atoms with Crippen LogP contribution in [-0.4, -0.2) is 31.5 Å². The first-order chi connectivity index (χ1) is 13.5. The molecule has 1 atom stereocenters. The molecule has 2 aromatic rings. The Morgan fingerprint density at radius 1 is 1.14 bits per heavy atom. The van der Waals surface area contributed by atoms with Gasteiger partial charge >= 0.3 is 0 Å². The fraction of sp³-hybridized carbons (Fsp3) is 0.318. The first kappa shape index (κ1) is 21.0. The highest BCUT2D eigenvalue weighted by Gasteiger charge is 2.22. The van der Waals surface area contributed by atoms with Crippen LogP contribution in [0.15, 0.2) is 48.5 Å². The zero-order chi connectivity index (χ0) is 20.5. The van der Waals surface area contributed by atoms with Crippen molar-refractivity contribution in [3.05, 3.63) is 54.1 Å². The number of para-hydroxylation sites is 1. The first-order valence-electron chi connectivity index (χ1n) is 9.15. The number of nitrogens with zero attached hydrogens (tertiary/aromatic N) is 1. The number of hydrogen-bond donors (Lipinski definition) is 2. The Bertz CT molecular complexity index is 871. The molecule has 28 heavy (non-hydrogen) atoms. The molecule has 0 fully saturated rings. The molecule has 0 bridgehead atoms. The number of amides is 2. The van der Waals surface area contributed by atoms with Crippen molar-refractivity contribution < 1.29 is 14.3 Å². The summed E-state index contributed by atoms with van der Waals surface area (Å²) >= 11 is 0. The van der Waals surface area contributed by atoms with Gasteiger partial charge in [-0.3, -0.25) is 9.59 Å². The van der Waals surface area contributed by atoms with Gasteiger partial charge in [-0.2, -0.15) is 5.26 Å². The van der Waals surface area contributed by atoms with E-state index in [2.05, 4.69) is 10.6 Å². The van der Waals surface area contributed by atoms with Crippen molar-refractivity contribution >= 4 is 11.8 Å². The largest absolute Gasteiger partial charge is 0.496 e. The van der Waals surface area contributed by atoms with Crippen molar-refractivity contribution in [2.45, 2.75) is 26.3 Å². The number of ether oxygens (including phenoxy) is 1. The average Bonchev–Trinajstić information content (AvgIpc) is 2.71. The van der Waals surface area contributed by atoms with E-state index >= 15 is 0 Å². The van der Waals surface area contributed by atoms with E-state index in [4.69, 9.17) is 10.00 Å². The van der Waals surface area contributed by atoms with Gasteiger partial charge in [0.2, 0.25) is 5.91 Å². The van der Waals surface area contributed by atoms with Crippen molar-refractivity contribution in [2.24, 2.45) is 5.92 Å². The number of carbonyl (C=O) groups is 2. The third kappa shape index (κ3) is 5.58. The van der Waals surface area contributed by atoms with Gasteiger partial charge < -0.3 is 15.4 Å². The van der Waals surface area contributed by atoms with Gasteiger partial charge in [0, 0.05) is 11.1 Å². The minimum absolute atomic E-state index is 0.0907. The fourth-order valence-corrected chi connectivity index (χ4v) is 2.91. The van der Waals surface area contributed by atoms with Gasteiger partial charge in [-0.25, -0.2) is 0 Å². The molecule has 2 amide bonds. The van der Waals surface area contributed by atoms with Crippen molar-refractivity contribution in [1.82, 2.24) is 10.6 Å². The van der Waals surface area contributed by atoms with E-state index in [0.29, 0.717) is 17.7 Å². The molecule has 0 spiro atoms. The summed E-state index contributed by atoms with van der Waals surface area (Å²) in [6.07, 6.45) is 0.481. The van der Waals surface area contributed by atoms with Crippen LogP contribution in [0.2, 0.25) is 0 Å². The van der Waals surface area contributed by atoms with Crippen LogP contribution in [0.3, 0.4) is 0 Å². The number of nitrogens with one attached hydrogen (secondary N) is 2. The predicted molar refractivity (Wildman–Crippen MR) is 108 cm³/mol. The summed E-state index contributed by atoms with van der Waals surface area (Å²) in [5.74, 6) is 0.227. The number of nitriles is 1. The van der Waals surface area contributed by atoms with Crippen molar-refractivity contribution in [3.8, 4) is 22.9 Å². The average molecular weight is 379 g/mol. The SMILES string of the molecule is COc1ccccc1-c1cccc(C(=O)N[C@@H](CC(C)C)C(=O)NCC#N)c1. The van der Waals surface area contributed by atoms with Crippen LogP contribution in [0.25, 0.3) is 11.1 Å². The molecule has 0 heterocycles. The van der Waals surface area contributed by atoms with Crippen LogP contribution < -0.4 is 15.4 Å². The van der Waals surface area contributed by atoms with Gasteiger partial charge in [0.05, 0.1) is 13.2 Å². The molecule has 2 N–H and O–H groups in total. The molecule has 146 valence electrons. The molecular weight excluding hydrogens is 354 g/mol. The summed E-state index contributed by atoms with van der Waals surface area (Å²) in [7, 11) is 1.60. The lowest BCUT2D eigenvalue weighted by Crippen LogP contribution is -2.47. The van der Waals surface area contributed by atoms with E-state index in [0.717, 1.165) is 11.1 Å². The number of benzene rings is 2. The Morgan fingerprint density at radius 3 is 2.57 bits per heavy atom. The summed E-state index contributed by atoms with van der Waals surface area (Å²) in [4.78, 5) is 25.0. The second-order valence-electron chi connectivity index (χ2n) is 6.81. The van der Waals surface area contributed by atoms with Crippen molar-refractivity contribution in [2.75, 3.05) is 13.7 Å². The topological polar surface area (TPSA) is 91.2 Å². The minimum Gasteiger partial charge on any atom is -0.496 e. The Hall–Kier alpha value is -3.33. The maximum absolute atomic E-state index is 12.8. The third-order valence-corrected chi connectivity index (χ3v) is 4.21. The molecule has 2 aromatic carbocycles. The third-order valence-electron chi connectivity index (χ3n) is 4.21.